The van der Waals surface area contributed by atoms with E-state index in [-0.39, 0.29) is 17.5 Å². The molecule has 1 N–H and O–H groups in total. The lowest BCUT2D eigenvalue weighted by molar-refractivity contribution is -0.130. The minimum Gasteiger partial charge on any atom is -0.444 e. The van der Waals surface area contributed by atoms with Crippen LogP contribution in [0.25, 0.3) is 0 Å². The number of amides is 1. The summed E-state index contributed by atoms with van der Waals surface area (Å²) in [7, 11) is -1.33. The second-order valence-electron chi connectivity index (χ2n) is 5.93. The Balaban J connectivity index is 1.86. The van der Waals surface area contributed by atoms with Crippen molar-refractivity contribution in [1.29, 1.82) is 0 Å². The van der Waals surface area contributed by atoms with E-state index in [9.17, 15) is 13.8 Å². The molecule has 6 heteroatoms. The van der Waals surface area contributed by atoms with Crippen LogP contribution in [0.15, 0.2) is 59.5 Å². The van der Waals surface area contributed by atoms with Gasteiger partial charge in [0.25, 0.3) is 5.91 Å². The Hall–Kier alpha value is -2.47. The van der Waals surface area contributed by atoms with Crippen LogP contribution in [0.5, 0.6) is 0 Å². The highest BCUT2D eigenvalue weighted by molar-refractivity contribution is 7.84. The van der Waals surface area contributed by atoms with Gasteiger partial charge in [-0.1, -0.05) is 42.5 Å². The topological polar surface area (TPSA) is 72.5 Å². The first-order valence-corrected chi connectivity index (χ1v) is 9.61. The van der Waals surface area contributed by atoms with Crippen molar-refractivity contribution < 1.29 is 18.5 Å². The van der Waals surface area contributed by atoms with E-state index >= 15 is 0 Å². The van der Waals surface area contributed by atoms with E-state index in [4.69, 9.17) is 4.74 Å². The fourth-order valence-corrected chi connectivity index (χ4v) is 3.19. The minimum absolute atomic E-state index is 0.160. The molecule has 0 aliphatic heterocycles. The summed E-state index contributed by atoms with van der Waals surface area (Å²) in [6, 6.07) is 15.6. The lowest BCUT2D eigenvalue weighted by atomic mass is 10.1. The number of nitrogens with one attached hydrogen (secondary N) is 1. The van der Waals surface area contributed by atoms with Gasteiger partial charge in [0.15, 0.2) is 0 Å². The SMILES string of the molecule is C[S@@](=O)c1ccccc1C(=O)O[C@@H](C(=O)NC1CC1)c1ccccc1. The molecule has 25 heavy (non-hydrogen) atoms. The van der Waals surface area contributed by atoms with Crippen LogP contribution in [0.2, 0.25) is 0 Å². The van der Waals surface area contributed by atoms with Gasteiger partial charge in [0, 0.05) is 17.9 Å². The van der Waals surface area contributed by atoms with Gasteiger partial charge in [-0.3, -0.25) is 9.00 Å². The maximum Gasteiger partial charge on any atom is 0.340 e. The summed E-state index contributed by atoms with van der Waals surface area (Å²) in [5.41, 5.74) is 0.813. The molecular weight excluding hydrogens is 338 g/mol. The molecule has 1 amide bonds. The molecule has 2 atom stereocenters. The average molecular weight is 357 g/mol. The van der Waals surface area contributed by atoms with Crippen LogP contribution < -0.4 is 5.32 Å². The third-order valence-electron chi connectivity index (χ3n) is 3.91. The Morgan fingerprint density at radius 2 is 1.72 bits per heavy atom. The second kappa shape index (κ2) is 7.61. The molecule has 2 aromatic rings. The molecule has 3 rings (SSSR count). The lowest BCUT2D eigenvalue weighted by Gasteiger charge is -2.18. The molecule has 0 radical (unpaired) electrons. The molecule has 0 aromatic heterocycles. The van der Waals surface area contributed by atoms with Crippen LogP contribution in [0.3, 0.4) is 0 Å². The van der Waals surface area contributed by atoms with Crippen LogP contribution in [0.1, 0.15) is 34.9 Å². The standard InChI is InChI=1S/C19H19NO4S/c1-25(23)16-10-6-5-9-15(16)19(22)24-17(13-7-3-2-4-8-13)18(21)20-14-11-12-14/h2-10,14,17H,11-12H2,1H3,(H,20,21)/t17-,25-/m1/s1. The van der Waals surface area contributed by atoms with E-state index in [1.165, 1.54) is 6.26 Å². The van der Waals surface area contributed by atoms with Gasteiger partial charge in [-0.2, -0.15) is 0 Å². The summed E-state index contributed by atoms with van der Waals surface area (Å²) in [4.78, 5) is 25.5. The molecule has 1 fully saturated rings. The van der Waals surface area contributed by atoms with E-state index in [1.54, 1.807) is 48.5 Å². The first kappa shape index (κ1) is 17.4. The van der Waals surface area contributed by atoms with Crippen molar-refractivity contribution in [3.05, 3.63) is 65.7 Å². The van der Waals surface area contributed by atoms with Crippen LogP contribution in [0.4, 0.5) is 0 Å². The fraction of sp³-hybridized carbons (Fsp3) is 0.263. The zero-order chi connectivity index (χ0) is 17.8. The Bertz CT molecular complexity index is 802. The normalized spacial score (nSPS) is 15.9. The Labute approximate surface area is 148 Å². The number of carbonyl (C=O) groups is 2. The molecule has 2 aromatic carbocycles. The van der Waals surface area contributed by atoms with E-state index < -0.39 is 22.9 Å². The van der Waals surface area contributed by atoms with Gasteiger partial charge in [-0.05, 0) is 25.0 Å². The van der Waals surface area contributed by atoms with Gasteiger partial charge >= 0.3 is 5.97 Å². The first-order chi connectivity index (χ1) is 12.1. The van der Waals surface area contributed by atoms with Crippen LogP contribution >= 0.6 is 0 Å². The molecule has 0 spiro atoms. The molecule has 0 bridgehead atoms. The van der Waals surface area contributed by atoms with E-state index in [2.05, 4.69) is 5.32 Å². The summed E-state index contributed by atoms with van der Waals surface area (Å²) >= 11 is 0. The molecule has 0 saturated heterocycles. The van der Waals surface area contributed by atoms with Gasteiger partial charge in [-0.15, -0.1) is 0 Å². The zero-order valence-corrected chi connectivity index (χ0v) is 14.6. The number of ether oxygens (including phenoxy) is 1. The molecule has 130 valence electrons. The zero-order valence-electron chi connectivity index (χ0n) is 13.8. The average Bonchev–Trinajstić information content (AvgIpc) is 3.44. The Morgan fingerprint density at radius 1 is 1.08 bits per heavy atom. The summed E-state index contributed by atoms with van der Waals surface area (Å²) in [6.45, 7) is 0. The van der Waals surface area contributed by atoms with Crippen molar-refractivity contribution in [1.82, 2.24) is 5.32 Å². The highest BCUT2D eigenvalue weighted by Gasteiger charge is 2.31. The van der Waals surface area contributed by atoms with Crippen molar-refractivity contribution in [2.75, 3.05) is 6.26 Å². The van der Waals surface area contributed by atoms with Crippen LogP contribution in [0, 0.1) is 0 Å². The lowest BCUT2D eigenvalue weighted by Crippen LogP contribution is -2.33. The van der Waals surface area contributed by atoms with Gasteiger partial charge in [0.2, 0.25) is 6.10 Å². The number of rotatable bonds is 6. The molecule has 5 nitrogen and oxygen atoms in total. The number of esters is 1. The predicted octanol–water partition coefficient (Wildman–Crippen LogP) is 2.60. The predicted molar refractivity (Wildman–Crippen MR) is 94.5 cm³/mol. The summed E-state index contributed by atoms with van der Waals surface area (Å²) < 4.78 is 17.4. The highest BCUT2D eigenvalue weighted by Crippen LogP contribution is 2.25. The number of hydrogen-bond acceptors (Lipinski definition) is 4. The van der Waals surface area contributed by atoms with Crippen molar-refractivity contribution in [2.24, 2.45) is 0 Å². The summed E-state index contributed by atoms with van der Waals surface area (Å²) in [5, 5.41) is 2.87. The third-order valence-corrected chi connectivity index (χ3v) is 4.88. The molecule has 1 saturated carbocycles. The van der Waals surface area contributed by atoms with E-state index in [0.29, 0.717) is 10.5 Å². The quantitative estimate of drug-likeness (QED) is 0.807. The van der Waals surface area contributed by atoms with Gasteiger partial charge in [0.1, 0.15) is 0 Å². The molecule has 1 aliphatic carbocycles. The van der Waals surface area contributed by atoms with Crippen molar-refractivity contribution in [2.45, 2.75) is 29.9 Å². The Morgan fingerprint density at radius 3 is 2.36 bits per heavy atom. The van der Waals surface area contributed by atoms with Crippen molar-refractivity contribution in [3.63, 3.8) is 0 Å². The van der Waals surface area contributed by atoms with Gasteiger partial charge in [-0.25, -0.2) is 4.79 Å². The largest absolute Gasteiger partial charge is 0.444 e. The molecule has 0 heterocycles. The van der Waals surface area contributed by atoms with Crippen molar-refractivity contribution in [3.8, 4) is 0 Å². The second-order valence-corrected chi connectivity index (χ2v) is 7.28. The first-order valence-electron chi connectivity index (χ1n) is 8.05. The van der Waals surface area contributed by atoms with Gasteiger partial charge < -0.3 is 10.1 Å². The highest BCUT2D eigenvalue weighted by atomic mass is 32.2. The molecule has 0 unspecified atom stereocenters. The number of benzene rings is 2. The summed E-state index contributed by atoms with van der Waals surface area (Å²) in [6.07, 6.45) is 2.35. The third kappa shape index (κ3) is 4.33. The fourth-order valence-electron chi connectivity index (χ4n) is 2.46. The molecular formula is C19H19NO4S. The monoisotopic (exact) mass is 357 g/mol. The van der Waals surface area contributed by atoms with Gasteiger partial charge in [0.05, 0.1) is 21.3 Å². The maximum atomic E-state index is 12.6. The van der Waals surface area contributed by atoms with Crippen LogP contribution in [-0.2, 0) is 20.3 Å². The smallest absolute Gasteiger partial charge is 0.340 e. The summed E-state index contributed by atoms with van der Waals surface area (Å²) in [5.74, 6) is -0.997. The maximum absolute atomic E-state index is 12.6. The van der Waals surface area contributed by atoms with Crippen molar-refractivity contribution >= 4 is 22.7 Å². The Kier molecular flexibility index (Phi) is 5.28. The van der Waals surface area contributed by atoms with E-state index in [1.807, 2.05) is 6.07 Å². The number of carbonyl (C=O) groups excluding carboxylic acids is 2. The number of hydrogen-bond donors (Lipinski definition) is 1. The van der Waals surface area contributed by atoms with Crippen LogP contribution in [-0.4, -0.2) is 28.4 Å². The van der Waals surface area contributed by atoms with E-state index in [0.717, 1.165) is 12.8 Å². The molecule has 1 aliphatic rings. The minimum atomic E-state index is -1.33.